The van der Waals surface area contributed by atoms with Crippen LogP contribution in [0.4, 0.5) is 0 Å². The molecule has 70 valence electrons. The SMILES string of the molecule is CONC(=O)CCc1ccccn1. The lowest BCUT2D eigenvalue weighted by Crippen LogP contribution is -2.22. The number of carbonyl (C=O) groups excluding carboxylic acids is 1. The lowest BCUT2D eigenvalue weighted by atomic mass is 10.2. The van der Waals surface area contributed by atoms with Crippen LogP contribution >= 0.6 is 0 Å². The van der Waals surface area contributed by atoms with Crippen LogP contribution < -0.4 is 5.48 Å². The molecular formula is C9H12N2O2. The summed E-state index contributed by atoms with van der Waals surface area (Å²) in [5, 5.41) is 0. The van der Waals surface area contributed by atoms with E-state index in [4.69, 9.17) is 0 Å². The van der Waals surface area contributed by atoms with Crippen LogP contribution in [0.3, 0.4) is 0 Å². The summed E-state index contributed by atoms with van der Waals surface area (Å²) in [5.41, 5.74) is 3.16. The average Bonchev–Trinajstić information content (AvgIpc) is 2.17. The highest BCUT2D eigenvalue weighted by molar-refractivity contribution is 5.74. The molecule has 0 aliphatic heterocycles. The first-order chi connectivity index (χ1) is 6.33. The molecule has 4 heteroatoms. The molecule has 0 radical (unpaired) electrons. The van der Waals surface area contributed by atoms with Gasteiger partial charge in [0.2, 0.25) is 5.91 Å². The first kappa shape index (κ1) is 9.67. The maximum Gasteiger partial charge on any atom is 0.243 e. The van der Waals surface area contributed by atoms with Crippen molar-refractivity contribution in [2.45, 2.75) is 12.8 Å². The van der Waals surface area contributed by atoms with E-state index >= 15 is 0 Å². The molecule has 13 heavy (non-hydrogen) atoms. The average molecular weight is 180 g/mol. The number of nitrogens with one attached hydrogen (secondary N) is 1. The lowest BCUT2D eigenvalue weighted by molar-refractivity contribution is -0.131. The van der Waals surface area contributed by atoms with E-state index in [2.05, 4.69) is 15.3 Å². The van der Waals surface area contributed by atoms with Crippen molar-refractivity contribution in [3.05, 3.63) is 30.1 Å². The smallest absolute Gasteiger partial charge is 0.243 e. The van der Waals surface area contributed by atoms with Crippen LogP contribution in [0.15, 0.2) is 24.4 Å². The van der Waals surface area contributed by atoms with E-state index in [9.17, 15) is 4.79 Å². The minimum atomic E-state index is -0.131. The molecule has 0 unspecified atom stereocenters. The van der Waals surface area contributed by atoms with Crippen LogP contribution in [0.25, 0.3) is 0 Å². The maximum absolute atomic E-state index is 11.0. The number of hydrogen-bond acceptors (Lipinski definition) is 3. The van der Waals surface area contributed by atoms with Gasteiger partial charge in [-0.2, -0.15) is 0 Å². The van der Waals surface area contributed by atoms with Gasteiger partial charge in [0.05, 0.1) is 7.11 Å². The highest BCUT2D eigenvalue weighted by Crippen LogP contribution is 1.97. The third-order valence-electron chi connectivity index (χ3n) is 1.55. The number of nitrogens with zero attached hydrogens (tertiary/aromatic N) is 1. The molecular weight excluding hydrogens is 168 g/mol. The molecule has 0 aliphatic carbocycles. The zero-order valence-electron chi connectivity index (χ0n) is 7.49. The zero-order valence-corrected chi connectivity index (χ0v) is 7.49. The van der Waals surface area contributed by atoms with Gasteiger partial charge in [-0.15, -0.1) is 0 Å². The second-order valence-electron chi connectivity index (χ2n) is 2.55. The molecule has 1 aromatic rings. The largest absolute Gasteiger partial charge is 0.277 e. The van der Waals surface area contributed by atoms with Crippen LogP contribution in [0, 0.1) is 0 Å². The predicted molar refractivity (Wildman–Crippen MR) is 47.7 cm³/mol. The summed E-state index contributed by atoms with van der Waals surface area (Å²) in [4.78, 5) is 19.5. The number of hydroxylamine groups is 1. The molecule has 0 saturated carbocycles. The lowest BCUT2D eigenvalue weighted by Gasteiger charge is -2.00. The highest BCUT2D eigenvalue weighted by atomic mass is 16.6. The molecule has 0 bridgehead atoms. The summed E-state index contributed by atoms with van der Waals surface area (Å²) in [7, 11) is 1.42. The number of aromatic nitrogens is 1. The van der Waals surface area contributed by atoms with Gasteiger partial charge < -0.3 is 0 Å². The van der Waals surface area contributed by atoms with Gasteiger partial charge in [0.15, 0.2) is 0 Å². The second kappa shape index (κ2) is 5.27. The van der Waals surface area contributed by atoms with Crippen LogP contribution in [-0.4, -0.2) is 18.0 Å². The fraction of sp³-hybridized carbons (Fsp3) is 0.333. The number of carbonyl (C=O) groups is 1. The van der Waals surface area contributed by atoms with E-state index in [0.29, 0.717) is 12.8 Å². The Morgan fingerprint density at radius 1 is 1.62 bits per heavy atom. The van der Waals surface area contributed by atoms with Gasteiger partial charge in [-0.3, -0.25) is 14.6 Å². The van der Waals surface area contributed by atoms with Crippen molar-refractivity contribution in [1.82, 2.24) is 10.5 Å². The molecule has 0 spiro atoms. The Labute approximate surface area is 76.9 Å². The highest BCUT2D eigenvalue weighted by Gasteiger charge is 2.00. The molecule has 1 N–H and O–H groups in total. The monoisotopic (exact) mass is 180 g/mol. The molecule has 0 aliphatic rings. The van der Waals surface area contributed by atoms with E-state index in [1.165, 1.54) is 7.11 Å². The van der Waals surface area contributed by atoms with Gasteiger partial charge in [0, 0.05) is 18.3 Å². The Bertz CT molecular complexity index is 262. The minimum Gasteiger partial charge on any atom is -0.277 e. The number of aryl methyl sites for hydroxylation is 1. The van der Waals surface area contributed by atoms with Crippen LogP contribution in [0.5, 0.6) is 0 Å². The zero-order chi connectivity index (χ0) is 9.52. The summed E-state index contributed by atoms with van der Waals surface area (Å²) in [6.45, 7) is 0. The Morgan fingerprint density at radius 2 is 2.46 bits per heavy atom. The predicted octanol–water partition coefficient (Wildman–Crippen LogP) is 0.692. The Kier molecular flexibility index (Phi) is 3.92. The van der Waals surface area contributed by atoms with Crippen molar-refractivity contribution >= 4 is 5.91 Å². The molecule has 1 amide bonds. The number of rotatable bonds is 4. The van der Waals surface area contributed by atoms with Gasteiger partial charge in [0.25, 0.3) is 0 Å². The summed E-state index contributed by atoms with van der Waals surface area (Å²) in [6, 6.07) is 5.63. The Balaban J connectivity index is 2.31. The molecule has 4 nitrogen and oxygen atoms in total. The van der Waals surface area contributed by atoms with Crippen LogP contribution in [-0.2, 0) is 16.1 Å². The molecule has 0 aromatic carbocycles. The van der Waals surface area contributed by atoms with Crippen molar-refractivity contribution in [3.63, 3.8) is 0 Å². The fourth-order valence-corrected chi connectivity index (χ4v) is 0.952. The summed E-state index contributed by atoms with van der Waals surface area (Å²) in [5.74, 6) is -0.131. The number of amides is 1. The van der Waals surface area contributed by atoms with Gasteiger partial charge in [-0.1, -0.05) is 6.07 Å². The van der Waals surface area contributed by atoms with E-state index in [-0.39, 0.29) is 5.91 Å². The van der Waals surface area contributed by atoms with Gasteiger partial charge >= 0.3 is 0 Å². The molecule has 1 rings (SSSR count). The van der Waals surface area contributed by atoms with Crippen LogP contribution in [0.2, 0.25) is 0 Å². The first-order valence-electron chi connectivity index (χ1n) is 4.04. The van der Waals surface area contributed by atoms with Crippen molar-refractivity contribution in [2.24, 2.45) is 0 Å². The number of hydrogen-bond donors (Lipinski definition) is 1. The van der Waals surface area contributed by atoms with Gasteiger partial charge in [-0.05, 0) is 18.6 Å². The quantitative estimate of drug-likeness (QED) is 0.693. The molecule has 1 heterocycles. The normalized spacial score (nSPS) is 9.62. The maximum atomic E-state index is 11.0. The van der Waals surface area contributed by atoms with Crippen molar-refractivity contribution in [2.75, 3.05) is 7.11 Å². The summed E-state index contributed by atoms with van der Waals surface area (Å²) >= 11 is 0. The molecule has 0 atom stereocenters. The van der Waals surface area contributed by atoms with E-state index in [1.807, 2.05) is 18.2 Å². The first-order valence-corrected chi connectivity index (χ1v) is 4.04. The van der Waals surface area contributed by atoms with E-state index in [0.717, 1.165) is 5.69 Å². The topological polar surface area (TPSA) is 51.2 Å². The number of pyridine rings is 1. The van der Waals surface area contributed by atoms with Crippen LogP contribution in [0.1, 0.15) is 12.1 Å². The second-order valence-corrected chi connectivity index (χ2v) is 2.55. The van der Waals surface area contributed by atoms with Crippen molar-refractivity contribution in [3.8, 4) is 0 Å². The van der Waals surface area contributed by atoms with E-state index in [1.54, 1.807) is 6.20 Å². The summed E-state index contributed by atoms with van der Waals surface area (Å²) in [6.07, 6.45) is 2.74. The Morgan fingerprint density at radius 3 is 3.08 bits per heavy atom. The van der Waals surface area contributed by atoms with Gasteiger partial charge in [-0.25, -0.2) is 5.48 Å². The third-order valence-corrected chi connectivity index (χ3v) is 1.55. The molecule has 1 aromatic heterocycles. The van der Waals surface area contributed by atoms with Gasteiger partial charge in [0.1, 0.15) is 0 Å². The van der Waals surface area contributed by atoms with Crippen molar-refractivity contribution in [1.29, 1.82) is 0 Å². The minimum absolute atomic E-state index is 0.131. The summed E-state index contributed by atoms with van der Waals surface area (Å²) < 4.78 is 0. The fourth-order valence-electron chi connectivity index (χ4n) is 0.952. The third kappa shape index (κ3) is 3.66. The van der Waals surface area contributed by atoms with Crippen molar-refractivity contribution < 1.29 is 9.63 Å². The van der Waals surface area contributed by atoms with E-state index < -0.39 is 0 Å². The molecule has 0 fully saturated rings. The standard InChI is InChI=1S/C9H12N2O2/c1-13-11-9(12)6-5-8-4-2-3-7-10-8/h2-4,7H,5-6H2,1H3,(H,11,12). The molecule has 0 saturated heterocycles. The Hall–Kier alpha value is -1.42.